The highest BCUT2D eigenvalue weighted by Gasteiger charge is 2.32. The minimum Gasteiger partial charge on any atom is -0.348 e. The summed E-state index contributed by atoms with van der Waals surface area (Å²) in [4.78, 5) is 4.45. The monoisotopic (exact) mass is 336 g/mol. The Morgan fingerprint density at radius 1 is 1.35 bits per heavy atom. The summed E-state index contributed by atoms with van der Waals surface area (Å²) in [5.74, 6) is 0.467. The lowest BCUT2D eigenvalue weighted by Crippen LogP contribution is -2.24. The first-order valence-corrected chi connectivity index (χ1v) is 7.42. The average Bonchev–Trinajstić information content (AvgIpc) is 2.98. The van der Waals surface area contributed by atoms with Gasteiger partial charge in [0.1, 0.15) is 11.9 Å². The number of benzene rings is 1. The topological polar surface area (TPSA) is 36.3 Å². The quantitative estimate of drug-likeness (QED) is 0.861. The molecular formula is C15H17BrN2O2. The van der Waals surface area contributed by atoms with E-state index in [1.807, 2.05) is 38.4 Å². The summed E-state index contributed by atoms with van der Waals surface area (Å²) < 4.78 is 14.6. The summed E-state index contributed by atoms with van der Waals surface area (Å²) in [6, 6.07) is 8.15. The summed E-state index contributed by atoms with van der Waals surface area (Å²) >= 11 is 3.45. The molecule has 2 aromatic rings. The van der Waals surface area contributed by atoms with Crippen LogP contribution in [0.5, 0.6) is 0 Å². The van der Waals surface area contributed by atoms with E-state index in [9.17, 15) is 0 Å². The smallest absolute Gasteiger partial charge is 0.163 e. The lowest BCUT2D eigenvalue weighted by molar-refractivity contribution is -0.139. The SMILES string of the molecule is CC1(C)OCC(Cn2ccnc2-c2ccc(Br)cc2)O1. The predicted octanol–water partition coefficient (Wildman–Crippen LogP) is 3.46. The van der Waals surface area contributed by atoms with Gasteiger partial charge in [-0.2, -0.15) is 0 Å². The van der Waals surface area contributed by atoms with Crippen LogP contribution in [0.15, 0.2) is 41.1 Å². The van der Waals surface area contributed by atoms with Gasteiger partial charge in [0.05, 0.1) is 13.2 Å². The molecule has 5 heteroatoms. The fourth-order valence-electron chi connectivity index (χ4n) is 2.39. The van der Waals surface area contributed by atoms with Gasteiger partial charge < -0.3 is 14.0 Å². The molecule has 2 heterocycles. The van der Waals surface area contributed by atoms with Crippen molar-refractivity contribution in [1.29, 1.82) is 0 Å². The van der Waals surface area contributed by atoms with E-state index < -0.39 is 5.79 Å². The van der Waals surface area contributed by atoms with Crippen LogP contribution in [0.4, 0.5) is 0 Å². The molecule has 1 aliphatic heterocycles. The highest BCUT2D eigenvalue weighted by molar-refractivity contribution is 9.10. The molecule has 20 heavy (non-hydrogen) atoms. The van der Waals surface area contributed by atoms with E-state index in [0.29, 0.717) is 6.61 Å². The molecule has 3 rings (SSSR count). The van der Waals surface area contributed by atoms with E-state index in [1.54, 1.807) is 0 Å². The second kappa shape index (κ2) is 5.31. The third-order valence-corrected chi connectivity index (χ3v) is 3.81. The minimum absolute atomic E-state index is 0.0633. The van der Waals surface area contributed by atoms with E-state index in [0.717, 1.165) is 22.4 Å². The van der Waals surface area contributed by atoms with Gasteiger partial charge in [-0.15, -0.1) is 0 Å². The Kier molecular flexibility index (Phi) is 3.67. The van der Waals surface area contributed by atoms with Gasteiger partial charge in [-0.05, 0) is 26.0 Å². The maximum absolute atomic E-state index is 5.85. The van der Waals surface area contributed by atoms with Crippen LogP contribution in [0, 0.1) is 0 Å². The van der Waals surface area contributed by atoms with Crippen molar-refractivity contribution in [3.8, 4) is 11.4 Å². The maximum Gasteiger partial charge on any atom is 0.163 e. The van der Waals surface area contributed by atoms with Gasteiger partial charge >= 0.3 is 0 Å². The molecule has 0 radical (unpaired) electrons. The number of ether oxygens (including phenoxy) is 2. The van der Waals surface area contributed by atoms with Crippen LogP contribution in [0.2, 0.25) is 0 Å². The Morgan fingerprint density at radius 3 is 2.75 bits per heavy atom. The number of nitrogens with zero attached hydrogens (tertiary/aromatic N) is 2. The van der Waals surface area contributed by atoms with E-state index in [1.165, 1.54) is 0 Å². The van der Waals surface area contributed by atoms with Crippen molar-refractivity contribution in [2.24, 2.45) is 0 Å². The molecule has 0 spiro atoms. The molecule has 0 bridgehead atoms. The number of aromatic nitrogens is 2. The van der Waals surface area contributed by atoms with E-state index >= 15 is 0 Å². The zero-order chi connectivity index (χ0) is 14.2. The van der Waals surface area contributed by atoms with Crippen LogP contribution >= 0.6 is 15.9 Å². The largest absolute Gasteiger partial charge is 0.348 e. The van der Waals surface area contributed by atoms with E-state index in [4.69, 9.17) is 9.47 Å². The van der Waals surface area contributed by atoms with Gasteiger partial charge in [0.2, 0.25) is 0 Å². The summed E-state index contributed by atoms with van der Waals surface area (Å²) in [7, 11) is 0. The minimum atomic E-state index is -0.483. The lowest BCUT2D eigenvalue weighted by atomic mass is 10.2. The second-order valence-corrected chi connectivity index (χ2v) is 6.28. The molecular weight excluding hydrogens is 320 g/mol. The van der Waals surface area contributed by atoms with Crippen LogP contribution < -0.4 is 0 Å². The van der Waals surface area contributed by atoms with Crippen LogP contribution in [0.1, 0.15) is 13.8 Å². The summed E-state index contributed by atoms with van der Waals surface area (Å²) in [6.45, 7) is 5.24. The molecule has 1 saturated heterocycles. The fourth-order valence-corrected chi connectivity index (χ4v) is 2.65. The molecule has 1 aromatic carbocycles. The number of halogens is 1. The van der Waals surface area contributed by atoms with Crippen molar-refractivity contribution in [2.45, 2.75) is 32.3 Å². The number of imidazole rings is 1. The van der Waals surface area contributed by atoms with Gasteiger partial charge in [0, 0.05) is 22.4 Å². The van der Waals surface area contributed by atoms with Crippen molar-refractivity contribution in [3.05, 3.63) is 41.1 Å². The molecule has 1 aliphatic rings. The molecule has 1 aromatic heterocycles. The van der Waals surface area contributed by atoms with Crippen LogP contribution in [0.3, 0.4) is 0 Å². The normalized spacial score (nSPS) is 21.2. The van der Waals surface area contributed by atoms with Crippen LogP contribution in [-0.2, 0) is 16.0 Å². The van der Waals surface area contributed by atoms with E-state index in [-0.39, 0.29) is 6.10 Å². The van der Waals surface area contributed by atoms with Gasteiger partial charge in [0.15, 0.2) is 5.79 Å². The highest BCUT2D eigenvalue weighted by Crippen LogP contribution is 2.25. The van der Waals surface area contributed by atoms with Gasteiger partial charge in [-0.1, -0.05) is 28.1 Å². The predicted molar refractivity (Wildman–Crippen MR) is 80.3 cm³/mol. The Morgan fingerprint density at radius 2 is 2.10 bits per heavy atom. The second-order valence-electron chi connectivity index (χ2n) is 5.36. The van der Waals surface area contributed by atoms with E-state index in [2.05, 4.69) is 37.6 Å². The van der Waals surface area contributed by atoms with Crippen LogP contribution in [0.25, 0.3) is 11.4 Å². The Balaban J connectivity index is 1.79. The number of rotatable bonds is 3. The van der Waals surface area contributed by atoms with Crippen molar-refractivity contribution in [1.82, 2.24) is 9.55 Å². The third-order valence-electron chi connectivity index (χ3n) is 3.29. The number of hydrogen-bond acceptors (Lipinski definition) is 3. The van der Waals surface area contributed by atoms with Crippen molar-refractivity contribution >= 4 is 15.9 Å². The lowest BCUT2D eigenvalue weighted by Gasteiger charge is -2.18. The zero-order valence-corrected chi connectivity index (χ0v) is 13.1. The first kappa shape index (κ1) is 13.8. The average molecular weight is 337 g/mol. The van der Waals surface area contributed by atoms with Crippen molar-refractivity contribution < 1.29 is 9.47 Å². The molecule has 1 unspecified atom stereocenters. The molecule has 0 aliphatic carbocycles. The summed E-state index contributed by atoms with van der Waals surface area (Å²) in [6.07, 6.45) is 3.86. The fraction of sp³-hybridized carbons (Fsp3) is 0.400. The molecule has 1 atom stereocenters. The molecule has 0 amide bonds. The molecule has 4 nitrogen and oxygen atoms in total. The number of hydrogen-bond donors (Lipinski definition) is 0. The van der Waals surface area contributed by atoms with Gasteiger partial charge in [-0.25, -0.2) is 4.98 Å². The van der Waals surface area contributed by atoms with Gasteiger partial charge in [-0.3, -0.25) is 0 Å². The molecule has 106 valence electrons. The first-order valence-electron chi connectivity index (χ1n) is 6.62. The van der Waals surface area contributed by atoms with Crippen molar-refractivity contribution in [3.63, 3.8) is 0 Å². The molecule has 0 N–H and O–H groups in total. The van der Waals surface area contributed by atoms with Crippen LogP contribution in [-0.4, -0.2) is 28.0 Å². The zero-order valence-electron chi connectivity index (χ0n) is 11.5. The first-order chi connectivity index (χ1) is 9.53. The molecule has 1 fully saturated rings. The third kappa shape index (κ3) is 2.95. The Bertz CT molecular complexity index is 592. The molecule has 0 saturated carbocycles. The summed E-state index contributed by atoms with van der Waals surface area (Å²) in [5, 5.41) is 0. The van der Waals surface area contributed by atoms with Crippen molar-refractivity contribution in [2.75, 3.05) is 6.61 Å². The maximum atomic E-state index is 5.85. The highest BCUT2D eigenvalue weighted by atomic mass is 79.9. The van der Waals surface area contributed by atoms with Gasteiger partial charge in [0.25, 0.3) is 0 Å². The Hall–Kier alpha value is -1.17. The summed E-state index contributed by atoms with van der Waals surface area (Å²) in [5.41, 5.74) is 1.09. The standard InChI is InChI=1S/C15H17BrN2O2/c1-15(2)19-10-13(20-15)9-18-8-7-17-14(18)11-3-5-12(16)6-4-11/h3-8,13H,9-10H2,1-2H3. The Labute approximate surface area is 126 Å².